The Labute approximate surface area is 94.7 Å². The van der Waals surface area contributed by atoms with Crippen LogP contribution in [-0.4, -0.2) is 13.2 Å². The Morgan fingerprint density at radius 2 is 1.77 bits per heavy atom. The Morgan fingerprint density at radius 3 is 2.31 bits per heavy atom. The summed E-state index contributed by atoms with van der Waals surface area (Å²) in [4.78, 5) is 0. The first-order valence-electron chi connectivity index (χ1n) is 4.05. The van der Waals surface area contributed by atoms with Crippen molar-refractivity contribution in [3.8, 4) is 0 Å². The van der Waals surface area contributed by atoms with Crippen molar-refractivity contribution in [3.05, 3.63) is 30.1 Å². The number of aryl methyl sites for hydroxylation is 1. The molecule has 1 saturated heterocycles. The number of rotatable bonds is 1. The third-order valence-corrected chi connectivity index (χ3v) is 1.90. The smallest absolute Gasteiger partial charge is 0.184 e. The lowest BCUT2D eigenvalue weighted by Gasteiger charge is -2.06. The zero-order valence-electron chi connectivity index (χ0n) is 7.44. The molecule has 2 heterocycles. The molecule has 1 aromatic rings. The normalized spacial score (nSPS) is 17.0. The zero-order chi connectivity index (χ0) is 8.39. The summed E-state index contributed by atoms with van der Waals surface area (Å²) in [5.74, 6) is 0. The van der Waals surface area contributed by atoms with E-state index in [2.05, 4.69) is 0 Å². The summed E-state index contributed by atoms with van der Waals surface area (Å²) < 4.78 is 12.7. The van der Waals surface area contributed by atoms with Gasteiger partial charge in [-0.25, -0.2) is 4.57 Å². The van der Waals surface area contributed by atoms with Crippen molar-refractivity contribution in [2.24, 2.45) is 7.05 Å². The number of nitrogens with zero attached hydrogens (tertiary/aromatic N) is 1. The van der Waals surface area contributed by atoms with Crippen molar-refractivity contribution in [1.82, 2.24) is 0 Å². The van der Waals surface area contributed by atoms with Crippen LogP contribution in [0.2, 0.25) is 0 Å². The van der Waals surface area contributed by atoms with E-state index >= 15 is 0 Å². The van der Waals surface area contributed by atoms with Gasteiger partial charge in [0.1, 0.15) is 7.05 Å². The van der Waals surface area contributed by atoms with Crippen LogP contribution in [0.15, 0.2) is 24.5 Å². The van der Waals surface area contributed by atoms with Gasteiger partial charge in [0.15, 0.2) is 18.7 Å². The fourth-order valence-electron chi connectivity index (χ4n) is 1.22. The minimum Gasteiger partial charge on any atom is -1.00 e. The molecule has 1 aromatic heterocycles. The standard InChI is InChI=1S/C9H12NO2.HI/c1-10-4-2-8(3-5-10)9-11-6-7-12-9;/h2-5,9H,6-7H2,1H3;1H/q+1;/p-1. The summed E-state index contributed by atoms with van der Waals surface area (Å²) >= 11 is 0. The van der Waals surface area contributed by atoms with E-state index in [1.807, 2.05) is 36.1 Å². The summed E-state index contributed by atoms with van der Waals surface area (Å²) in [6, 6.07) is 4.02. The molecule has 2 rings (SSSR count). The van der Waals surface area contributed by atoms with Gasteiger partial charge in [-0.2, -0.15) is 0 Å². The second-order valence-electron chi connectivity index (χ2n) is 2.87. The topological polar surface area (TPSA) is 22.3 Å². The Bertz CT molecular complexity index is 257. The second-order valence-corrected chi connectivity index (χ2v) is 2.87. The molecule has 0 bridgehead atoms. The zero-order valence-corrected chi connectivity index (χ0v) is 9.60. The van der Waals surface area contributed by atoms with Gasteiger partial charge in [-0.1, -0.05) is 0 Å². The van der Waals surface area contributed by atoms with Gasteiger partial charge in [-0.3, -0.25) is 0 Å². The SMILES string of the molecule is C[n+]1ccc(C2OCCO2)cc1.[I-]. The number of halogens is 1. The van der Waals surface area contributed by atoms with E-state index in [1.54, 1.807) is 0 Å². The highest BCUT2D eigenvalue weighted by Gasteiger charge is 2.18. The van der Waals surface area contributed by atoms with Crippen LogP contribution in [0.5, 0.6) is 0 Å². The number of hydrogen-bond acceptors (Lipinski definition) is 2. The fourth-order valence-corrected chi connectivity index (χ4v) is 1.22. The third kappa shape index (κ3) is 2.62. The van der Waals surface area contributed by atoms with Gasteiger partial charge >= 0.3 is 0 Å². The molecule has 0 aromatic carbocycles. The lowest BCUT2D eigenvalue weighted by molar-refractivity contribution is -0.671. The second kappa shape index (κ2) is 4.88. The molecule has 13 heavy (non-hydrogen) atoms. The van der Waals surface area contributed by atoms with Crippen LogP contribution in [0.3, 0.4) is 0 Å². The molecule has 72 valence electrons. The quantitative estimate of drug-likeness (QED) is 0.424. The van der Waals surface area contributed by atoms with Gasteiger partial charge in [0.25, 0.3) is 0 Å². The lowest BCUT2D eigenvalue weighted by Crippen LogP contribution is -3.00. The maximum atomic E-state index is 5.35. The van der Waals surface area contributed by atoms with Crippen LogP contribution in [0, 0.1) is 0 Å². The molecule has 3 nitrogen and oxygen atoms in total. The molecule has 4 heteroatoms. The van der Waals surface area contributed by atoms with Crippen LogP contribution in [0.4, 0.5) is 0 Å². The van der Waals surface area contributed by atoms with Crippen LogP contribution >= 0.6 is 0 Å². The highest BCUT2D eigenvalue weighted by Crippen LogP contribution is 2.21. The third-order valence-electron chi connectivity index (χ3n) is 1.90. The Balaban J connectivity index is 0.000000845. The number of hydrogen-bond donors (Lipinski definition) is 0. The molecule has 1 aliphatic heterocycles. The van der Waals surface area contributed by atoms with E-state index in [1.165, 1.54) is 0 Å². The van der Waals surface area contributed by atoms with Crippen molar-refractivity contribution in [2.45, 2.75) is 6.29 Å². The maximum absolute atomic E-state index is 5.35. The van der Waals surface area contributed by atoms with Crippen LogP contribution < -0.4 is 28.5 Å². The lowest BCUT2D eigenvalue weighted by atomic mass is 10.2. The molecule has 1 aliphatic rings. The first kappa shape index (κ1) is 10.9. The van der Waals surface area contributed by atoms with Crippen molar-refractivity contribution < 1.29 is 38.0 Å². The van der Waals surface area contributed by atoms with E-state index < -0.39 is 0 Å². The highest BCUT2D eigenvalue weighted by atomic mass is 127. The Kier molecular flexibility index (Phi) is 4.08. The average molecular weight is 293 g/mol. The molecule has 0 radical (unpaired) electrons. The number of ether oxygens (including phenoxy) is 2. The molecule has 0 amide bonds. The van der Waals surface area contributed by atoms with Gasteiger partial charge in [0, 0.05) is 17.7 Å². The van der Waals surface area contributed by atoms with Crippen molar-refractivity contribution in [1.29, 1.82) is 0 Å². The highest BCUT2D eigenvalue weighted by molar-refractivity contribution is 5.09. The summed E-state index contributed by atoms with van der Waals surface area (Å²) in [5, 5.41) is 0. The first-order chi connectivity index (χ1) is 5.86. The summed E-state index contributed by atoms with van der Waals surface area (Å²) in [5.41, 5.74) is 1.09. The molecule has 0 N–H and O–H groups in total. The molecule has 0 saturated carbocycles. The van der Waals surface area contributed by atoms with Gasteiger partial charge in [-0.15, -0.1) is 0 Å². The van der Waals surface area contributed by atoms with E-state index in [4.69, 9.17) is 9.47 Å². The van der Waals surface area contributed by atoms with Gasteiger partial charge in [0.2, 0.25) is 0 Å². The van der Waals surface area contributed by atoms with Crippen LogP contribution in [-0.2, 0) is 16.5 Å². The monoisotopic (exact) mass is 293 g/mol. The molecular formula is C9H12INO2. The van der Waals surface area contributed by atoms with E-state index in [-0.39, 0.29) is 30.3 Å². The predicted molar refractivity (Wildman–Crippen MR) is 42.3 cm³/mol. The molecule has 0 aliphatic carbocycles. The van der Waals surface area contributed by atoms with Gasteiger partial charge < -0.3 is 33.5 Å². The predicted octanol–water partition coefficient (Wildman–Crippen LogP) is -2.44. The fraction of sp³-hybridized carbons (Fsp3) is 0.444. The first-order valence-corrected chi connectivity index (χ1v) is 4.05. The molecule has 0 atom stereocenters. The Morgan fingerprint density at radius 1 is 1.23 bits per heavy atom. The van der Waals surface area contributed by atoms with Crippen molar-refractivity contribution in [2.75, 3.05) is 13.2 Å². The van der Waals surface area contributed by atoms with Crippen LogP contribution in [0.25, 0.3) is 0 Å². The summed E-state index contributed by atoms with van der Waals surface area (Å²) in [6.07, 6.45) is 3.83. The van der Waals surface area contributed by atoms with Crippen LogP contribution in [0.1, 0.15) is 11.9 Å². The minimum absolute atomic E-state index is 0. The average Bonchev–Trinajstić information content (AvgIpc) is 2.58. The van der Waals surface area contributed by atoms with E-state index in [0.717, 1.165) is 5.56 Å². The summed E-state index contributed by atoms with van der Waals surface area (Å²) in [6.45, 7) is 1.40. The van der Waals surface area contributed by atoms with Gasteiger partial charge in [-0.05, 0) is 0 Å². The molecule has 0 unspecified atom stereocenters. The minimum atomic E-state index is -0.147. The van der Waals surface area contributed by atoms with Crippen molar-refractivity contribution in [3.63, 3.8) is 0 Å². The van der Waals surface area contributed by atoms with Crippen molar-refractivity contribution >= 4 is 0 Å². The largest absolute Gasteiger partial charge is 1.00 e. The summed E-state index contributed by atoms with van der Waals surface area (Å²) in [7, 11) is 1.99. The number of pyridine rings is 1. The maximum Gasteiger partial charge on any atom is 0.184 e. The molecule has 1 fully saturated rings. The number of aromatic nitrogens is 1. The molecule has 0 spiro atoms. The van der Waals surface area contributed by atoms with E-state index in [9.17, 15) is 0 Å². The Hall–Kier alpha value is -0.200. The molecular weight excluding hydrogens is 281 g/mol. The van der Waals surface area contributed by atoms with E-state index in [0.29, 0.717) is 13.2 Å². The van der Waals surface area contributed by atoms with Gasteiger partial charge in [0.05, 0.1) is 13.2 Å².